The average molecular weight is 461 g/mol. The van der Waals surface area contributed by atoms with Gasteiger partial charge in [-0.05, 0) is 124 Å². The normalized spacial score (nSPS) is 16.2. The third kappa shape index (κ3) is 3.77. The lowest BCUT2D eigenvalue weighted by Gasteiger charge is -2.37. The Morgan fingerprint density at radius 3 is 1.57 bits per heavy atom. The largest absolute Gasteiger partial charge is 0.310 e. The molecule has 4 aromatic rings. The molecule has 0 aromatic heterocycles. The lowest BCUT2D eigenvalue weighted by atomic mass is 9.86. The molecule has 0 saturated carbocycles. The van der Waals surface area contributed by atoms with Crippen molar-refractivity contribution in [3.63, 3.8) is 0 Å². The van der Waals surface area contributed by atoms with Gasteiger partial charge in [-0.1, -0.05) is 48.5 Å². The molecule has 35 heavy (non-hydrogen) atoms. The standard InChI is InChI=1S/C33H36N2/c1-23-20-28(35(26-14-10-8-11-15-26)27-16-12-9-13-17-27)21-24(2)31(23)25-18-19-29-30(22-25)33(5,6)34(7)32(29,3)4/h8-22H,1-7H3. The first-order valence-corrected chi connectivity index (χ1v) is 12.5. The van der Waals surface area contributed by atoms with Crippen LogP contribution >= 0.6 is 0 Å². The fourth-order valence-corrected chi connectivity index (χ4v) is 5.93. The molecule has 1 aliphatic rings. The lowest BCUT2D eigenvalue weighted by molar-refractivity contribution is 0.0730. The van der Waals surface area contributed by atoms with Gasteiger partial charge in [-0.15, -0.1) is 0 Å². The van der Waals surface area contributed by atoms with E-state index in [9.17, 15) is 0 Å². The van der Waals surface area contributed by atoms with Crippen LogP contribution in [0.3, 0.4) is 0 Å². The number of rotatable bonds is 4. The summed E-state index contributed by atoms with van der Waals surface area (Å²) in [5, 5.41) is 0. The lowest BCUT2D eigenvalue weighted by Crippen LogP contribution is -2.42. The van der Waals surface area contributed by atoms with Gasteiger partial charge >= 0.3 is 0 Å². The van der Waals surface area contributed by atoms with E-state index in [1.807, 2.05) is 0 Å². The highest BCUT2D eigenvalue weighted by molar-refractivity contribution is 5.81. The molecule has 1 aliphatic heterocycles. The molecule has 0 spiro atoms. The summed E-state index contributed by atoms with van der Waals surface area (Å²) < 4.78 is 0. The van der Waals surface area contributed by atoms with E-state index in [0.717, 1.165) is 11.4 Å². The van der Waals surface area contributed by atoms with E-state index in [1.165, 1.54) is 39.1 Å². The van der Waals surface area contributed by atoms with Gasteiger partial charge in [0, 0.05) is 28.1 Å². The Balaban J connectivity index is 1.63. The Morgan fingerprint density at radius 2 is 1.06 bits per heavy atom. The Kier molecular flexibility index (Phi) is 5.61. The highest BCUT2D eigenvalue weighted by Crippen LogP contribution is 2.49. The van der Waals surface area contributed by atoms with Crippen LogP contribution in [0.25, 0.3) is 11.1 Å². The first-order valence-electron chi connectivity index (χ1n) is 12.5. The Bertz CT molecular complexity index is 1300. The minimum absolute atomic E-state index is 0.00594. The van der Waals surface area contributed by atoms with Crippen molar-refractivity contribution >= 4 is 17.1 Å². The SMILES string of the molecule is Cc1cc(N(c2ccccc2)c2ccccc2)cc(C)c1-c1ccc2c(c1)C(C)(C)N(C)C2(C)C. The van der Waals surface area contributed by atoms with Crippen LogP contribution in [0.2, 0.25) is 0 Å². The smallest absolute Gasteiger partial charge is 0.0467 e. The van der Waals surface area contributed by atoms with Crippen molar-refractivity contribution in [2.75, 3.05) is 11.9 Å². The van der Waals surface area contributed by atoms with Crippen molar-refractivity contribution < 1.29 is 0 Å². The van der Waals surface area contributed by atoms with Crippen LogP contribution in [0.4, 0.5) is 17.1 Å². The van der Waals surface area contributed by atoms with Crippen LogP contribution < -0.4 is 4.90 Å². The maximum absolute atomic E-state index is 2.49. The minimum Gasteiger partial charge on any atom is -0.310 e. The van der Waals surface area contributed by atoms with Gasteiger partial charge in [0.15, 0.2) is 0 Å². The summed E-state index contributed by atoms with van der Waals surface area (Å²) in [6.07, 6.45) is 0. The Morgan fingerprint density at radius 1 is 0.571 bits per heavy atom. The highest BCUT2D eigenvalue weighted by Gasteiger charge is 2.46. The molecule has 0 aliphatic carbocycles. The number of fused-ring (bicyclic) bond motifs is 1. The molecule has 178 valence electrons. The topological polar surface area (TPSA) is 6.48 Å². The van der Waals surface area contributed by atoms with Gasteiger partial charge in [-0.25, -0.2) is 0 Å². The van der Waals surface area contributed by atoms with Crippen LogP contribution in [0.5, 0.6) is 0 Å². The number of hydrogen-bond donors (Lipinski definition) is 0. The van der Waals surface area contributed by atoms with E-state index in [2.05, 4.69) is 149 Å². The summed E-state index contributed by atoms with van der Waals surface area (Å²) in [5.74, 6) is 0. The summed E-state index contributed by atoms with van der Waals surface area (Å²) in [6, 6.07) is 33.0. The van der Waals surface area contributed by atoms with Gasteiger partial charge in [0.2, 0.25) is 0 Å². The molecule has 5 rings (SSSR count). The van der Waals surface area contributed by atoms with Crippen LogP contribution in [0.1, 0.15) is 49.9 Å². The van der Waals surface area contributed by atoms with Crippen LogP contribution in [-0.2, 0) is 11.1 Å². The van der Waals surface area contributed by atoms with Crippen LogP contribution in [0, 0.1) is 13.8 Å². The van der Waals surface area contributed by atoms with Crippen molar-refractivity contribution in [2.45, 2.75) is 52.6 Å². The molecule has 0 bridgehead atoms. The summed E-state index contributed by atoms with van der Waals surface area (Å²) in [6.45, 7) is 13.8. The molecule has 0 unspecified atom stereocenters. The number of benzene rings is 4. The maximum Gasteiger partial charge on any atom is 0.0467 e. The summed E-state index contributed by atoms with van der Waals surface area (Å²) >= 11 is 0. The molecule has 0 fully saturated rings. The first kappa shape index (κ1) is 23.4. The van der Waals surface area contributed by atoms with Gasteiger partial charge in [-0.3, -0.25) is 4.90 Å². The van der Waals surface area contributed by atoms with E-state index in [4.69, 9.17) is 0 Å². The number of anilines is 3. The molecule has 0 radical (unpaired) electrons. The second kappa shape index (κ2) is 8.39. The van der Waals surface area contributed by atoms with Crippen molar-refractivity contribution in [1.82, 2.24) is 4.90 Å². The van der Waals surface area contributed by atoms with Gasteiger partial charge in [-0.2, -0.15) is 0 Å². The van der Waals surface area contributed by atoms with Gasteiger partial charge in [0.25, 0.3) is 0 Å². The third-order valence-corrected chi connectivity index (χ3v) is 8.11. The van der Waals surface area contributed by atoms with E-state index >= 15 is 0 Å². The highest BCUT2D eigenvalue weighted by atomic mass is 15.2. The van der Waals surface area contributed by atoms with E-state index in [0.29, 0.717) is 0 Å². The number of aryl methyl sites for hydroxylation is 2. The second-order valence-corrected chi connectivity index (χ2v) is 10.9. The van der Waals surface area contributed by atoms with Crippen molar-refractivity contribution in [2.24, 2.45) is 0 Å². The zero-order valence-electron chi connectivity index (χ0n) is 22.1. The van der Waals surface area contributed by atoms with E-state index in [-0.39, 0.29) is 11.1 Å². The van der Waals surface area contributed by atoms with Gasteiger partial charge < -0.3 is 4.90 Å². The predicted octanol–water partition coefficient (Wildman–Crippen LogP) is 8.86. The zero-order chi connectivity index (χ0) is 25.0. The molecule has 0 N–H and O–H groups in total. The van der Waals surface area contributed by atoms with Crippen LogP contribution in [0.15, 0.2) is 91.0 Å². The molecular weight excluding hydrogens is 424 g/mol. The summed E-state index contributed by atoms with van der Waals surface area (Å²) in [4.78, 5) is 4.84. The van der Waals surface area contributed by atoms with Crippen molar-refractivity contribution in [1.29, 1.82) is 0 Å². The predicted molar refractivity (Wildman–Crippen MR) is 150 cm³/mol. The number of para-hydroxylation sites is 2. The summed E-state index contributed by atoms with van der Waals surface area (Å²) in [7, 11) is 2.24. The Labute approximate surface area is 210 Å². The monoisotopic (exact) mass is 460 g/mol. The molecule has 0 saturated heterocycles. The van der Waals surface area contributed by atoms with Gasteiger partial charge in [0.1, 0.15) is 0 Å². The fraction of sp³-hybridized carbons (Fsp3) is 0.273. The molecule has 1 heterocycles. The molecule has 2 nitrogen and oxygen atoms in total. The van der Waals surface area contributed by atoms with Crippen molar-refractivity contribution in [3.05, 3.63) is 113 Å². The number of hydrogen-bond acceptors (Lipinski definition) is 2. The molecule has 0 atom stereocenters. The van der Waals surface area contributed by atoms with Crippen LogP contribution in [-0.4, -0.2) is 11.9 Å². The minimum atomic E-state index is -0.00594. The maximum atomic E-state index is 2.49. The first-order chi connectivity index (χ1) is 16.6. The second-order valence-electron chi connectivity index (χ2n) is 10.9. The average Bonchev–Trinajstić information content (AvgIpc) is 2.97. The van der Waals surface area contributed by atoms with E-state index in [1.54, 1.807) is 0 Å². The fourth-order valence-electron chi connectivity index (χ4n) is 5.93. The summed E-state index contributed by atoms with van der Waals surface area (Å²) in [5.41, 5.74) is 11.6. The molecular formula is C33H36N2. The van der Waals surface area contributed by atoms with Gasteiger partial charge in [0.05, 0.1) is 0 Å². The third-order valence-electron chi connectivity index (χ3n) is 8.11. The molecule has 4 aromatic carbocycles. The molecule has 0 amide bonds. The zero-order valence-corrected chi connectivity index (χ0v) is 22.1. The quantitative estimate of drug-likeness (QED) is 0.300. The molecule has 2 heteroatoms. The van der Waals surface area contributed by atoms with E-state index < -0.39 is 0 Å². The Hall–Kier alpha value is -3.36. The number of nitrogens with zero attached hydrogens (tertiary/aromatic N) is 2. The van der Waals surface area contributed by atoms with Crippen molar-refractivity contribution in [3.8, 4) is 11.1 Å².